The second kappa shape index (κ2) is 5.79. The van der Waals surface area contributed by atoms with Gasteiger partial charge in [-0.15, -0.1) is 0 Å². The first-order valence-corrected chi connectivity index (χ1v) is 7.76. The molecule has 0 saturated heterocycles. The lowest BCUT2D eigenvalue weighted by Gasteiger charge is -2.26. The average molecular weight is 287 g/mol. The molecule has 0 aliphatic carbocycles. The Morgan fingerprint density at radius 2 is 1.74 bits per heavy atom. The molecule has 6 heteroatoms. The van der Waals surface area contributed by atoms with Crippen molar-refractivity contribution in [1.29, 1.82) is 0 Å². The van der Waals surface area contributed by atoms with Crippen molar-refractivity contribution >= 4 is 10.0 Å². The summed E-state index contributed by atoms with van der Waals surface area (Å²) in [6, 6.07) is 5.59. The van der Waals surface area contributed by atoms with E-state index in [0.717, 1.165) is 11.8 Å². The first-order chi connectivity index (χ1) is 8.69. The summed E-state index contributed by atoms with van der Waals surface area (Å²) in [5.74, 6) is 1.28. The molecule has 0 aliphatic heterocycles. The second-order valence-corrected chi connectivity index (χ2v) is 6.88. The number of methoxy groups -OCH3 is 2. The van der Waals surface area contributed by atoms with Gasteiger partial charge in [0.1, 0.15) is 0 Å². The minimum atomic E-state index is -3.20. The first kappa shape index (κ1) is 15.8. The van der Waals surface area contributed by atoms with E-state index in [-0.39, 0.29) is 5.41 Å². The SMILES string of the molecule is COc1ccc(C(C)(C)CNS(C)(=O)=O)cc1OC. The number of ether oxygens (including phenoxy) is 2. The molecular weight excluding hydrogens is 266 g/mol. The topological polar surface area (TPSA) is 64.6 Å². The van der Waals surface area contributed by atoms with E-state index in [9.17, 15) is 8.42 Å². The van der Waals surface area contributed by atoms with Crippen LogP contribution >= 0.6 is 0 Å². The van der Waals surface area contributed by atoms with Gasteiger partial charge < -0.3 is 9.47 Å². The Kier molecular flexibility index (Phi) is 4.81. The maximum atomic E-state index is 11.2. The van der Waals surface area contributed by atoms with E-state index in [1.54, 1.807) is 14.2 Å². The monoisotopic (exact) mass is 287 g/mol. The van der Waals surface area contributed by atoms with Crippen molar-refractivity contribution in [3.05, 3.63) is 23.8 Å². The lowest BCUT2D eigenvalue weighted by Crippen LogP contribution is -2.36. The molecule has 0 aromatic heterocycles. The van der Waals surface area contributed by atoms with Crippen LogP contribution in [0.2, 0.25) is 0 Å². The van der Waals surface area contributed by atoms with Crippen LogP contribution in [-0.4, -0.2) is 35.4 Å². The van der Waals surface area contributed by atoms with Gasteiger partial charge in [-0.3, -0.25) is 0 Å². The number of sulfonamides is 1. The molecule has 1 rings (SSSR count). The average Bonchev–Trinajstić information content (AvgIpc) is 2.35. The van der Waals surface area contributed by atoms with Crippen LogP contribution in [0.15, 0.2) is 18.2 Å². The Hall–Kier alpha value is -1.27. The summed E-state index contributed by atoms with van der Waals surface area (Å²) in [6.45, 7) is 4.25. The highest BCUT2D eigenvalue weighted by Crippen LogP contribution is 2.32. The number of benzene rings is 1. The fraction of sp³-hybridized carbons (Fsp3) is 0.538. The summed E-state index contributed by atoms with van der Waals surface area (Å²) in [4.78, 5) is 0. The van der Waals surface area contributed by atoms with Crippen LogP contribution in [0.3, 0.4) is 0 Å². The summed E-state index contributed by atoms with van der Waals surface area (Å²) < 4.78 is 35.3. The maximum absolute atomic E-state index is 11.2. The summed E-state index contributed by atoms with van der Waals surface area (Å²) >= 11 is 0. The molecule has 0 amide bonds. The zero-order valence-corrected chi connectivity index (χ0v) is 12.8. The molecule has 1 aromatic rings. The van der Waals surface area contributed by atoms with Crippen molar-refractivity contribution in [1.82, 2.24) is 4.72 Å². The van der Waals surface area contributed by atoms with Crippen LogP contribution in [0, 0.1) is 0 Å². The van der Waals surface area contributed by atoms with Gasteiger partial charge >= 0.3 is 0 Å². The normalized spacial score (nSPS) is 12.3. The van der Waals surface area contributed by atoms with Crippen molar-refractivity contribution < 1.29 is 17.9 Å². The maximum Gasteiger partial charge on any atom is 0.208 e. The summed E-state index contributed by atoms with van der Waals surface area (Å²) in [6.07, 6.45) is 1.15. The minimum Gasteiger partial charge on any atom is -0.493 e. The van der Waals surface area contributed by atoms with Crippen molar-refractivity contribution in [3.63, 3.8) is 0 Å². The van der Waals surface area contributed by atoms with Crippen molar-refractivity contribution in [2.75, 3.05) is 27.0 Å². The summed E-state index contributed by atoms with van der Waals surface area (Å²) in [7, 11) is -0.0497. The predicted molar refractivity (Wildman–Crippen MR) is 75.4 cm³/mol. The number of hydrogen-bond donors (Lipinski definition) is 1. The van der Waals surface area contributed by atoms with Crippen LogP contribution in [0.4, 0.5) is 0 Å². The van der Waals surface area contributed by atoms with Gasteiger partial charge in [0.05, 0.1) is 20.5 Å². The highest BCUT2D eigenvalue weighted by molar-refractivity contribution is 7.88. The van der Waals surface area contributed by atoms with Crippen LogP contribution in [0.5, 0.6) is 11.5 Å². The van der Waals surface area contributed by atoms with E-state index in [0.29, 0.717) is 18.0 Å². The Morgan fingerprint density at radius 3 is 2.21 bits per heavy atom. The lowest BCUT2D eigenvalue weighted by molar-refractivity contribution is 0.353. The van der Waals surface area contributed by atoms with Gasteiger partial charge in [0.25, 0.3) is 0 Å². The van der Waals surface area contributed by atoms with Gasteiger partial charge in [-0.2, -0.15) is 0 Å². The molecule has 0 heterocycles. The van der Waals surface area contributed by atoms with Gasteiger partial charge in [0.2, 0.25) is 10.0 Å². The number of rotatable bonds is 6. The lowest BCUT2D eigenvalue weighted by atomic mass is 9.85. The molecule has 0 aliphatic rings. The van der Waals surface area contributed by atoms with Crippen LogP contribution in [0.1, 0.15) is 19.4 Å². The molecule has 5 nitrogen and oxygen atoms in total. The predicted octanol–water partition coefficient (Wildman–Crippen LogP) is 1.53. The molecule has 0 atom stereocenters. The number of hydrogen-bond acceptors (Lipinski definition) is 4. The highest BCUT2D eigenvalue weighted by Gasteiger charge is 2.23. The van der Waals surface area contributed by atoms with Crippen LogP contribution < -0.4 is 14.2 Å². The van der Waals surface area contributed by atoms with E-state index in [2.05, 4.69) is 4.72 Å². The molecule has 0 spiro atoms. The van der Waals surface area contributed by atoms with Gasteiger partial charge in [-0.1, -0.05) is 19.9 Å². The van der Waals surface area contributed by atoms with E-state index < -0.39 is 10.0 Å². The Bertz CT molecular complexity index is 538. The zero-order valence-electron chi connectivity index (χ0n) is 12.0. The molecule has 1 N–H and O–H groups in total. The van der Waals surface area contributed by atoms with Gasteiger partial charge in [-0.05, 0) is 17.7 Å². The first-order valence-electron chi connectivity index (χ1n) is 5.87. The minimum absolute atomic E-state index is 0.321. The van der Waals surface area contributed by atoms with Crippen molar-refractivity contribution in [2.24, 2.45) is 0 Å². The molecule has 0 radical (unpaired) electrons. The van der Waals surface area contributed by atoms with E-state index >= 15 is 0 Å². The van der Waals surface area contributed by atoms with E-state index in [4.69, 9.17) is 9.47 Å². The third-order valence-corrected chi connectivity index (χ3v) is 3.61. The molecule has 1 aromatic carbocycles. The highest BCUT2D eigenvalue weighted by atomic mass is 32.2. The summed E-state index contributed by atoms with van der Waals surface area (Å²) in [5, 5.41) is 0. The smallest absolute Gasteiger partial charge is 0.208 e. The van der Waals surface area contributed by atoms with Gasteiger partial charge in [0, 0.05) is 12.0 Å². The number of nitrogens with one attached hydrogen (secondary N) is 1. The largest absolute Gasteiger partial charge is 0.493 e. The van der Waals surface area contributed by atoms with E-state index in [1.807, 2.05) is 32.0 Å². The van der Waals surface area contributed by atoms with Crippen molar-refractivity contribution in [3.8, 4) is 11.5 Å². The Balaban J connectivity index is 3.01. The van der Waals surface area contributed by atoms with E-state index in [1.165, 1.54) is 0 Å². The van der Waals surface area contributed by atoms with Crippen LogP contribution in [-0.2, 0) is 15.4 Å². The van der Waals surface area contributed by atoms with Gasteiger partial charge in [0.15, 0.2) is 11.5 Å². The molecule has 108 valence electrons. The fourth-order valence-corrected chi connectivity index (χ4v) is 2.29. The zero-order chi connectivity index (χ0) is 14.7. The standard InChI is InChI=1S/C13H21NO4S/c1-13(2,9-14-19(5,15)16)10-6-7-11(17-3)12(8-10)18-4/h6-8,14H,9H2,1-5H3. The quantitative estimate of drug-likeness (QED) is 0.862. The van der Waals surface area contributed by atoms with Crippen LogP contribution in [0.25, 0.3) is 0 Å². The Morgan fingerprint density at radius 1 is 1.16 bits per heavy atom. The van der Waals surface area contributed by atoms with Crippen molar-refractivity contribution in [2.45, 2.75) is 19.3 Å². The molecule has 0 bridgehead atoms. The van der Waals surface area contributed by atoms with Gasteiger partial charge in [-0.25, -0.2) is 13.1 Å². The second-order valence-electron chi connectivity index (χ2n) is 5.05. The molecule has 19 heavy (non-hydrogen) atoms. The molecule has 0 unspecified atom stereocenters. The third kappa shape index (κ3) is 4.40. The fourth-order valence-electron chi connectivity index (χ4n) is 1.67. The molecule has 0 saturated carbocycles. The summed E-state index contributed by atoms with van der Waals surface area (Å²) in [5.41, 5.74) is 0.629. The third-order valence-electron chi connectivity index (χ3n) is 2.94. The molecular formula is C13H21NO4S. The molecule has 0 fully saturated rings. The Labute approximate surface area is 115 Å².